The van der Waals surface area contributed by atoms with Gasteiger partial charge in [-0.25, -0.2) is 0 Å². The molecule has 6 nitrogen and oxygen atoms in total. The summed E-state index contributed by atoms with van der Waals surface area (Å²) in [4.78, 5) is 0. The second-order valence-electron chi connectivity index (χ2n) is 7.70. The summed E-state index contributed by atoms with van der Waals surface area (Å²) in [5.74, 6) is -0.0820. The largest absolute Gasteiger partial charge is 0.496 e. The molecule has 4 atom stereocenters. The van der Waals surface area contributed by atoms with Crippen molar-refractivity contribution in [1.29, 1.82) is 0 Å². The first kappa shape index (κ1) is 15.7. The highest BCUT2D eigenvalue weighted by Gasteiger charge is 2.62. The standard InChI is InChI=1S/C21H20O6/c1-24-14-5-6-16-19-17(14)13(23)8-10-21(19)25-15-4-2-3-11-12(22)7-9-20(26-16,27-21)18(11)15/h2-6,12-13,22-23H,7-10H2,1H3/t12-,13-,20+,21+/m0/s1. The fourth-order valence-electron chi connectivity index (χ4n) is 5.16. The molecule has 2 aromatic carbocycles. The maximum absolute atomic E-state index is 10.7. The summed E-state index contributed by atoms with van der Waals surface area (Å²) in [6.07, 6.45) is 0.877. The average molecular weight is 368 g/mol. The monoisotopic (exact) mass is 368 g/mol. The van der Waals surface area contributed by atoms with E-state index < -0.39 is 23.8 Å². The topological polar surface area (TPSA) is 77.4 Å². The van der Waals surface area contributed by atoms with Gasteiger partial charge in [-0.1, -0.05) is 12.1 Å². The molecule has 0 aromatic heterocycles. The van der Waals surface area contributed by atoms with Crippen molar-refractivity contribution in [2.24, 2.45) is 0 Å². The Morgan fingerprint density at radius 2 is 1.63 bits per heavy atom. The Labute approximate surface area is 156 Å². The minimum atomic E-state index is -1.02. The van der Waals surface area contributed by atoms with E-state index in [1.807, 2.05) is 30.3 Å². The summed E-state index contributed by atoms with van der Waals surface area (Å²) in [6, 6.07) is 9.36. The van der Waals surface area contributed by atoms with Gasteiger partial charge in [0.15, 0.2) is 0 Å². The van der Waals surface area contributed by atoms with Gasteiger partial charge in [-0.3, -0.25) is 4.74 Å². The number of aliphatic hydroxyl groups is 2. The van der Waals surface area contributed by atoms with E-state index in [2.05, 4.69) is 0 Å². The minimum absolute atomic E-state index is 0.501. The molecule has 4 aliphatic rings. The lowest BCUT2D eigenvalue weighted by Crippen LogP contribution is -2.58. The second kappa shape index (κ2) is 4.95. The molecule has 2 aliphatic heterocycles. The molecule has 27 heavy (non-hydrogen) atoms. The van der Waals surface area contributed by atoms with Gasteiger partial charge in [0.25, 0.3) is 0 Å². The van der Waals surface area contributed by atoms with Crippen LogP contribution in [-0.4, -0.2) is 17.3 Å². The quantitative estimate of drug-likeness (QED) is 0.805. The van der Waals surface area contributed by atoms with Crippen molar-refractivity contribution in [1.82, 2.24) is 0 Å². The van der Waals surface area contributed by atoms with Crippen LogP contribution in [0.1, 0.15) is 60.1 Å². The van der Waals surface area contributed by atoms with Gasteiger partial charge >= 0.3 is 0 Å². The fourth-order valence-corrected chi connectivity index (χ4v) is 5.16. The zero-order chi connectivity index (χ0) is 18.4. The number of methoxy groups -OCH3 is 1. The molecule has 2 bridgehead atoms. The summed E-state index contributed by atoms with van der Waals surface area (Å²) in [7, 11) is 1.59. The van der Waals surface area contributed by atoms with Gasteiger partial charge in [0, 0.05) is 18.4 Å². The Morgan fingerprint density at radius 1 is 0.926 bits per heavy atom. The third-order valence-corrected chi connectivity index (χ3v) is 6.27. The molecule has 140 valence electrons. The van der Waals surface area contributed by atoms with Crippen molar-refractivity contribution >= 4 is 0 Å². The Hall–Kier alpha value is -2.28. The van der Waals surface area contributed by atoms with Crippen LogP contribution in [0.2, 0.25) is 0 Å². The van der Waals surface area contributed by atoms with Crippen molar-refractivity contribution in [3.63, 3.8) is 0 Å². The molecule has 0 saturated carbocycles. The lowest BCUT2D eigenvalue weighted by Gasteiger charge is -2.56. The fraction of sp³-hybridized carbons (Fsp3) is 0.429. The molecule has 2 heterocycles. The predicted molar refractivity (Wildman–Crippen MR) is 93.5 cm³/mol. The summed E-state index contributed by atoms with van der Waals surface area (Å²) in [5.41, 5.74) is 2.96. The Morgan fingerprint density at radius 3 is 2.41 bits per heavy atom. The van der Waals surface area contributed by atoms with Crippen LogP contribution in [-0.2, 0) is 16.3 Å². The predicted octanol–water partition coefficient (Wildman–Crippen LogP) is 3.16. The molecule has 6 heteroatoms. The highest BCUT2D eigenvalue weighted by molar-refractivity contribution is 5.58. The molecule has 2 N–H and O–H groups in total. The number of hydrogen-bond acceptors (Lipinski definition) is 6. The van der Waals surface area contributed by atoms with Crippen LogP contribution in [0.25, 0.3) is 0 Å². The van der Waals surface area contributed by atoms with E-state index in [-0.39, 0.29) is 0 Å². The molecule has 2 aliphatic carbocycles. The molecule has 6 rings (SSSR count). The number of ether oxygens (including phenoxy) is 4. The van der Waals surface area contributed by atoms with Crippen molar-refractivity contribution in [3.8, 4) is 17.2 Å². The van der Waals surface area contributed by atoms with Gasteiger partial charge in [0.2, 0.25) is 11.6 Å². The third kappa shape index (κ3) is 1.81. The number of benzene rings is 2. The van der Waals surface area contributed by atoms with Gasteiger partial charge in [-0.2, -0.15) is 0 Å². The summed E-state index contributed by atoms with van der Waals surface area (Å²) >= 11 is 0. The summed E-state index contributed by atoms with van der Waals surface area (Å²) < 4.78 is 25.0. The third-order valence-electron chi connectivity index (χ3n) is 6.27. The highest BCUT2D eigenvalue weighted by Crippen LogP contribution is 2.63. The van der Waals surface area contributed by atoms with Crippen molar-refractivity contribution in [3.05, 3.63) is 52.6 Å². The van der Waals surface area contributed by atoms with Crippen LogP contribution < -0.4 is 14.2 Å². The highest BCUT2D eigenvalue weighted by atomic mass is 16.8. The molecule has 2 aromatic rings. The maximum atomic E-state index is 10.7. The molecule has 0 unspecified atom stereocenters. The first-order valence-electron chi connectivity index (χ1n) is 9.36. The first-order chi connectivity index (χ1) is 13.1. The molecular formula is C21H20O6. The molecule has 2 spiro atoms. The lowest BCUT2D eigenvalue weighted by atomic mass is 9.77. The van der Waals surface area contributed by atoms with E-state index in [1.165, 1.54) is 0 Å². The van der Waals surface area contributed by atoms with E-state index in [0.717, 1.165) is 11.1 Å². The van der Waals surface area contributed by atoms with Gasteiger partial charge in [0.05, 0.1) is 30.4 Å². The summed E-state index contributed by atoms with van der Waals surface area (Å²) in [5, 5.41) is 21.1. The van der Waals surface area contributed by atoms with E-state index in [1.54, 1.807) is 7.11 Å². The van der Waals surface area contributed by atoms with Gasteiger partial charge < -0.3 is 24.4 Å². The van der Waals surface area contributed by atoms with Crippen LogP contribution in [0.15, 0.2) is 30.3 Å². The van der Waals surface area contributed by atoms with E-state index in [0.29, 0.717) is 54.1 Å². The zero-order valence-corrected chi connectivity index (χ0v) is 14.9. The number of aliphatic hydroxyl groups excluding tert-OH is 2. The van der Waals surface area contributed by atoms with Crippen LogP contribution in [0, 0.1) is 0 Å². The van der Waals surface area contributed by atoms with Crippen molar-refractivity contribution < 1.29 is 29.2 Å². The minimum Gasteiger partial charge on any atom is -0.496 e. The Kier molecular flexibility index (Phi) is 2.89. The first-order valence-corrected chi connectivity index (χ1v) is 9.36. The molecular weight excluding hydrogens is 348 g/mol. The van der Waals surface area contributed by atoms with Crippen LogP contribution in [0.5, 0.6) is 17.2 Å². The van der Waals surface area contributed by atoms with Crippen LogP contribution in [0.4, 0.5) is 0 Å². The second-order valence-corrected chi connectivity index (χ2v) is 7.70. The average Bonchev–Trinajstić information content (AvgIpc) is 2.68. The van der Waals surface area contributed by atoms with Crippen molar-refractivity contribution in [2.45, 2.75) is 49.5 Å². The maximum Gasteiger partial charge on any atom is 0.245 e. The molecule has 0 fully saturated rings. The number of rotatable bonds is 1. The Balaban J connectivity index is 1.66. The van der Waals surface area contributed by atoms with Gasteiger partial charge in [-0.05, 0) is 36.6 Å². The lowest BCUT2D eigenvalue weighted by molar-refractivity contribution is -0.370. The van der Waals surface area contributed by atoms with Gasteiger partial charge in [0.1, 0.15) is 17.2 Å². The summed E-state index contributed by atoms with van der Waals surface area (Å²) in [6.45, 7) is 0. The van der Waals surface area contributed by atoms with E-state index in [9.17, 15) is 10.2 Å². The molecule has 0 saturated heterocycles. The van der Waals surface area contributed by atoms with E-state index in [4.69, 9.17) is 18.9 Å². The smallest absolute Gasteiger partial charge is 0.245 e. The normalized spacial score (nSPS) is 34.6. The SMILES string of the molecule is COc1ccc2c3c1[C@@H](O)CC[C@]31Oc3cccc4c3[C@](CC[C@@H]4O)(O2)O1. The van der Waals surface area contributed by atoms with Crippen LogP contribution in [0.3, 0.4) is 0 Å². The molecule has 0 radical (unpaired) electrons. The Bertz CT molecular complexity index is 971. The van der Waals surface area contributed by atoms with E-state index >= 15 is 0 Å². The van der Waals surface area contributed by atoms with Crippen LogP contribution >= 0.6 is 0 Å². The van der Waals surface area contributed by atoms with Crippen molar-refractivity contribution in [2.75, 3.05) is 7.11 Å². The number of hydrogen-bond donors (Lipinski definition) is 2. The molecule has 0 amide bonds. The zero-order valence-electron chi connectivity index (χ0n) is 14.9. The van der Waals surface area contributed by atoms with Gasteiger partial charge in [-0.15, -0.1) is 0 Å².